The van der Waals surface area contributed by atoms with Crippen molar-refractivity contribution in [1.82, 2.24) is 5.32 Å². The smallest absolute Gasteiger partial charge is 0.338 e. The molecule has 0 unspecified atom stereocenters. The highest BCUT2D eigenvalue weighted by Gasteiger charge is 2.10. The third kappa shape index (κ3) is 6.08. The van der Waals surface area contributed by atoms with E-state index in [1.807, 2.05) is 50.2 Å². The van der Waals surface area contributed by atoms with Gasteiger partial charge in [0.05, 0.1) is 5.56 Å². The molecular formula is C19H21NO3S. The van der Waals surface area contributed by atoms with Crippen molar-refractivity contribution < 1.29 is 14.3 Å². The lowest BCUT2D eigenvalue weighted by molar-refractivity contribution is -0.124. The Hall–Kier alpha value is -2.27. The molecule has 126 valence electrons. The fourth-order valence-electron chi connectivity index (χ4n) is 2.23. The number of benzene rings is 2. The number of nitrogens with one attached hydrogen (secondary N) is 1. The summed E-state index contributed by atoms with van der Waals surface area (Å²) in [7, 11) is 0. The molecule has 0 radical (unpaired) electrons. The minimum atomic E-state index is -0.476. The second kappa shape index (κ2) is 9.13. The second-order valence-corrected chi connectivity index (χ2v) is 6.63. The fraction of sp³-hybridized carbons (Fsp3) is 0.263. The first-order chi connectivity index (χ1) is 11.5. The van der Waals surface area contributed by atoms with Gasteiger partial charge >= 0.3 is 5.97 Å². The number of aryl methyl sites for hydroxylation is 2. The van der Waals surface area contributed by atoms with E-state index in [4.69, 9.17) is 4.74 Å². The number of carbonyl (C=O) groups is 2. The van der Waals surface area contributed by atoms with E-state index < -0.39 is 5.97 Å². The fourth-order valence-corrected chi connectivity index (χ4v) is 3.02. The van der Waals surface area contributed by atoms with E-state index in [0.717, 1.165) is 21.8 Å². The monoisotopic (exact) mass is 343 g/mol. The minimum absolute atomic E-state index is 0.262. The third-order valence-electron chi connectivity index (χ3n) is 3.23. The van der Waals surface area contributed by atoms with Gasteiger partial charge in [0.25, 0.3) is 5.91 Å². The minimum Gasteiger partial charge on any atom is -0.452 e. The Morgan fingerprint density at radius 1 is 1.04 bits per heavy atom. The predicted octanol–water partition coefficient (Wildman–Crippen LogP) is 3.37. The maximum Gasteiger partial charge on any atom is 0.338 e. The highest BCUT2D eigenvalue weighted by Crippen LogP contribution is 2.15. The van der Waals surface area contributed by atoms with Crippen LogP contribution in [0.1, 0.15) is 21.5 Å². The van der Waals surface area contributed by atoms with Crippen molar-refractivity contribution >= 4 is 23.6 Å². The summed E-state index contributed by atoms with van der Waals surface area (Å²) in [6.45, 7) is 4.10. The van der Waals surface area contributed by atoms with Gasteiger partial charge in [-0.3, -0.25) is 4.79 Å². The van der Waals surface area contributed by atoms with Crippen LogP contribution in [0.3, 0.4) is 0 Å². The molecular weight excluding hydrogens is 322 g/mol. The van der Waals surface area contributed by atoms with Crippen LogP contribution in [0.5, 0.6) is 0 Å². The molecule has 2 aromatic rings. The summed E-state index contributed by atoms with van der Waals surface area (Å²) in [5, 5.41) is 2.75. The molecule has 2 rings (SSSR count). The molecule has 2 aromatic carbocycles. The lowest BCUT2D eigenvalue weighted by atomic mass is 10.1. The van der Waals surface area contributed by atoms with E-state index in [1.54, 1.807) is 23.9 Å². The van der Waals surface area contributed by atoms with Crippen molar-refractivity contribution in [3.8, 4) is 0 Å². The Morgan fingerprint density at radius 3 is 2.38 bits per heavy atom. The van der Waals surface area contributed by atoms with Crippen molar-refractivity contribution in [1.29, 1.82) is 0 Å². The van der Waals surface area contributed by atoms with E-state index in [-0.39, 0.29) is 12.5 Å². The number of ether oxygens (including phenoxy) is 1. The predicted molar refractivity (Wildman–Crippen MR) is 96.4 cm³/mol. The second-order valence-electron chi connectivity index (χ2n) is 5.46. The maximum absolute atomic E-state index is 12.0. The van der Waals surface area contributed by atoms with Gasteiger partial charge in [-0.1, -0.05) is 35.4 Å². The molecule has 0 aliphatic rings. The molecule has 1 amide bonds. The summed E-state index contributed by atoms with van der Waals surface area (Å²) < 4.78 is 5.06. The average molecular weight is 343 g/mol. The normalized spacial score (nSPS) is 10.2. The maximum atomic E-state index is 12.0. The van der Waals surface area contributed by atoms with E-state index in [2.05, 4.69) is 5.32 Å². The van der Waals surface area contributed by atoms with Gasteiger partial charge in [-0.2, -0.15) is 0 Å². The zero-order valence-corrected chi connectivity index (χ0v) is 14.7. The van der Waals surface area contributed by atoms with Gasteiger partial charge in [-0.05, 0) is 38.1 Å². The average Bonchev–Trinajstić information content (AvgIpc) is 2.56. The number of esters is 1. The summed E-state index contributed by atoms with van der Waals surface area (Å²) in [5.41, 5.74) is 2.45. The van der Waals surface area contributed by atoms with Gasteiger partial charge < -0.3 is 10.1 Å². The molecule has 0 bridgehead atoms. The zero-order valence-electron chi connectivity index (χ0n) is 13.9. The number of hydrogen-bond acceptors (Lipinski definition) is 4. The van der Waals surface area contributed by atoms with Gasteiger partial charge in [-0.25, -0.2) is 4.79 Å². The van der Waals surface area contributed by atoms with Crippen LogP contribution in [0.25, 0.3) is 0 Å². The number of carbonyl (C=O) groups excluding carboxylic acids is 2. The lowest BCUT2D eigenvalue weighted by Gasteiger charge is -2.08. The van der Waals surface area contributed by atoms with Gasteiger partial charge in [-0.15, -0.1) is 11.8 Å². The van der Waals surface area contributed by atoms with Crippen LogP contribution in [0.15, 0.2) is 53.4 Å². The van der Waals surface area contributed by atoms with Gasteiger partial charge in [0.2, 0.25) is 0 Å². The van der Waals surface area contributed by atoms with Crippen LogP contribution in [0.4, 0.5) is 0 Å². The molecule has 24 heavy (non-hydrogen) atoms. The molecule has 0 aliphatic heterocycles. The first-order valence-electron chi connectivity index (χ1n) is 7.74. The molecule has 0 heterocycles. The quantitative estimate of drug-likeness (QED) is 0.476. The van der Waals surface area contributed by atoms with Crippen molar-refractivity contribution in [2.24, 2.45) is 0 Å². The molecule has 0 saturated heterocycles. The van der Waals surface area contributed by atoms with Crippen LogP contribution < -0.4 is 5.32 Å². The molecule has 0 aromatic heterocycles. The summed E-state index contributed by atoms with van der Waals surface area (Å²) >= 11 is 1.66. The standard InChI is InChI=1S/C19H21NO3S/c1-14-10-15(2)12-16(11-14)19(22)23-13-18(21)20-8-9-24-17-6-4-3-5-7-17/h3-7,10-12H,8-9,13H2,1-2H3,(H,20,21). The number of rotatable bonds is 7. The Bertz CT molecular complexity index is 681. The Balaban J connectivity index is 1.68. The highest BCUT2D eigenvalue weighted by atomic mass is 32.2. The van der Waals surface area contributed by atoms with E-state index in [1.165, 1.54) is 0 Å². The molecule has 0 aliphatic carbocycles. The first kappa shape index (κ1) is 18.1. The summed E-state index contributed by atoms with van der Waals surface area (Å²) in [6, 6.07) is 15.5. The van der Waals surface area contributed by atoms with Crippen LogP contribution in [0.2, 0.25) is 0 Å². The van der Waals surface area contributed by atoms with Crippen LogP contribution in [-0.4, -0.2) is 30.8 Å². The number of hydrogen-bond donors (Lipinski definition) is 1. The molecule has 0 fully saturated rings. The SMILES string of the molecule is Cc1cc(C)cc(C(=O)OCC(=O)NCCSc2ccccc2)c1. The van der Waals surface area contributed by atoms with Crippen LogP contribution in [-0.2, 0) is 9.53 Å². The number of amides is 1. The summed E-state index contributed by atoms with van der Waals surface area (Å²) in [5.74, 6) is -0.00201. The first-order valence-corrected chi connectivity index (χ1v) is 8.73. The number of thioether (sulfide) groups is 1. The van der Waals surface area contributed by atoms with E-state index in [9.17, 15) is 9.59 Å². The largest absolute Gasteiger partial charge is 0.452 e. The van der Waals surface area contributed by atoms with Crippen molar-refractivity contribution in [2.45, 2.75) is 18.7 Å². The van der Waals surface area contributed by atoms with Gasteiger partial charge in [0, 0.05) is 17.2 Å². The summed E-state index contributed by atoms with van der Waals surface area (Å²) in [6.07, 6.45) is 0. The molecule has 5 heteroatoms. The molecule has 0 saturated carbocycles. The Labute approximate surface area is 146 Å². The van der Waals surface area contributed by atoms with Crippen molar-refractivity contribution in [3.05, 3.63) is 65.2 Å². The molecule has 0 spiro atoms. The van der Waals surface area contributed by atoms with Gasteiger partial charge in [0.15, 0.2) is 6.61 Å². The van der Waals surface area contributed by atoms with Crippen molar-refractivity contribution in [2.75, 3.05) is 18.9 Å². The van der Waals surface area contributed by atoms with Crippen molar-refractivity contribution in [3.63, 3.8) is 0 Å². The Morgan fingerprint density at radius 2 is 1.71 bits per heavy atom. The Kier molecular flexibility index (Phi) is 6.88. The zero-order chi connectivity index (χ0) is 17.4. The van der Waals surface area contributed by atoms with E-state index >= 15 is 0 Å². The molecule has 1 N–H and O–H groups in total. The summed E-state index contributed by atoms with van der Waals surface area (Å²) in [4.78, 5) is 24.8. The van der Waals surface area contributed by atoms with Gasteiger partial charge in [0.1, 0.15) is 0 Å². The van der Waals surface area contributed by atoms with Crippen LogP contribution in [0, 0.1) is 13.8 Å². The molecule has 4 nitrogen and oxygen atoms in total. The highest BCUT2D eigenvalue weighted by molar-refractivity contribution is 7.99. The molecule has 0 atom stereocenters. The third-order valence-corrected chi connectivity index (χ3v) is 4.24. The topological polar surface area (TPSA) is 55.4 Å². The van der Waals surface area contributed by atoms with E-state index in [0.29, 0.717) is 12.1 Å². The lowest BCUT2D eigenvalue weighted by Crippen LogP contribution is -2.30. The van der Waals surface area contributed by atoms with Crippen LogP contribution >= 0.6 is 11.8 Å².